The van der Waals surface area contributed by atoms with Crippen LogP contribution in [0.3, 0.4) is 0 Å². The summed E-state index contributed by atoms with van der Waals surface area (Å²) in [6.45, 7) is 0. The van der Waals surface area contributed by atoms with Crippen molar-refractivity contribution in [2.75, 3.05) is 0 Å². The number of azo groups is 1. The van der Waals surface area contributed by atoms with Gasteiger partial charge in [-0.05, 0) is 99.3 Å². The first-order valence-electron chi connectivity index (χ1n) is 12.3. The maximum absolute atomic E-state index is 12.5. The molecule has 5 nitrogen and oxygen atoms in total. The SMILES string of the molecule is O=C(CCCc1ccc2ccc3cccc4ccc1c2c34)Oc1ccc(N=Nc2ccc(O)cc2)cc1. The smallest absolute Gasteiger partial charge is 0.311 e. The number of hydrogen-bond acceptors (Lipinski definition) is 5. The van der Waals surface area contributed by atoms with Crippen LogP contribution >= 0.6 is 0 Å². The van der Waals surface area contributed by atoms with Gasteiger partial charge in [-0.15, -0.1) is 0 Å². The number of carbonyl (C=O) groups excluding carboxylic acids is 1. The topological polar surface area (TPSA) is 71.2 Å². The van der Waals surface area contributed by atoms with Crippen molar-refractivity contribution in [3.8, 4) is 11.5 Å². The molecule has 0 atom stereocenters. The van der Waals surface area contributed by atoms with Crippen LogP contribution in [0.15, 0.2) is 113 Å². The van der Waals surface area contributed by atoms with Crippen LogP contribution in [0.2, 0.25) is 0 Å². The van der Waals surface area contributed by atoms with Gasteiger partial charge in [-0.1, -0.05) is 54.6 Å². The Labute approximate surface area is 214 Å². The van der Waals surface area contributed by atoms with Crippen molar-refractivity contribution in [3.63, 3.8) is 0 Å². The molecule has 0 saturated heterocycles. The Kier molecular flexibility index (Phi) is 5.95. The predicted molar refractivity (Wildman–Crippen MR) is 147 cm³/mol. The van der Waals surface area contributed by atoms with Gasteiger partial charge >= 0.3 is 5.97 Å². The second kappa shape index (κ2) is 9.70. The van der Waals surface area contributed by atoms with Crippen LogP contribution in [0.1, 0.15) is 18.4 Å². The molecule has 180 valence electrons. The number of phenolic OH excluding ortho intramolecular Hbond substituents is 1. The summed E-state index contributed by atoms with van der Waals surface area (Å²) in [5, 5.41) is 25.3. The summed E-state index contributed by atoms with van der Waals surface area (Å²) >= 11 is 0. The highest BCUT2D eigenvalue weighted by Gasteiger charge is 2.12. The molecule has 0 aliphatic heterocycles. The van der Waals surface area contributed by atoms with Crippen LogP contribution in [-0.2, 0) is 11.2 Å². The number of nitrogens with zero attached hydrogens (tertiary/aromatic N) is 2. The summed E-state index contributed by atoms with van der Waals surface area (Å²) in [4.78, 5) is 12.5. The van der Waals surface area contributed by atoms with Crippen molar-refractivity contribution in [3.05, 3.63) is 109 Å². The van der Waals surface area contributed by atoms with E-state index in [-0.39, 0.29) is 11.7 Å². The summed E-state index contributed by atoms with van der Waals surface area (Å²) in [5.41, 5.74) is 2.53. The normalized spacial score (nSPS) is 11.7. The van der Waals surface area contributed by atoms with Crippen molar-refractivity contribution in [2.45, 2.75) is 19.3 Å². The van der Waals surface area contributed by atoms with E-state index in [0.717, 1.165) is 6.42 Å². The van der Waals surface area contributed by atoms with Crippen molar-refractivity contribution >= 4 is 49.7 Å². The quantitative estimate of drug-likeness (QED) is 0.107. The van der Waals surface area contributed by atoms with Crippen molar-refractivity contribution in [1.82, 2.24) is 0 Å². The lowest BCUT2D eigenvalue weighted by atomic mass is 9.90. The number of carbonyl (C=O) groups is 1. The molecular formula is C32H24N2O3. The van der Waals surface area contributed by atoms with Gasteiger partial charge < -0.3 is 9.84 Å². The first kappa shape index (κ1) is 22.7. The molecule has 0 fully saturated rings. The Morgan fingerprint density at radius 3 is 1.97 bits per heavy atom. The lowest BCUT2D eigenvalue weighted by Gasteiger charge is -2.13. The second-order valence-electron chi connectivity index (χ2n) is 9.12. The Balaban J connectivity index is 1.08. The van der Waals surface area contributed by atoms with Gasteiger partial charge in [0.05, 0.1) is 11.4 Å². The van der Waals surface area contributed by atoms with Gasteiger partial charge in [0.25, 0.3) is 0 Å². The molecule has 0 bridgehead atoms. The van der Waals surface area contributed by atoms with Crippen LogP contribution in [0.4, 0.5) is 11.4 Å². The Morgan fingerprint density at radius 1 is 0.676 bits per heavy atom. The zero-order valence-electron chi connectivity index (χ0n) is 20.1. The molecule has 5 heteroatoms. The highest BCUT2D eigenvalue weighted by atomic mass is 16.5. The molecule has 6 aromatic carbocycles. The standard InChI is InChI=1S/C32H24N2O3/c35-27-16-12-25(13-17-27)33-34-26-14-18-28(19-15-26)37-30(36)6-2-3-21-7-8-24-10-9-22-4-1-5-23-11-20-29(21)32(24)31(22)23/h1,4-5,7-20,35H,2-3,6H2. The third kappa shape index (κ3) is 4.71. The molecule has 0 heterocycles. The van der Waals surface area contributed by atoms with Crippen LogP contribution < -0.4 is 4.74 Å². The minimum atomic E-state index is -0.254. The molecule has 37 heavy (non-hydrogen) atoms. The van der Waals surface area contributed by atoms with E-state index < -0.39 is 0 Å². The van der Waals surface area contributed by atoms with Gasteiger partial charge in [0.1, 0.15) is 11.5 Å². The van der Waals surface area contributed by atoms with E-state index in [0.29, 0.717) is 30.0 Å². The highest BCUT2D eigenvalue weighted by Crippen LogP contribution is 2.36. The van der Waals surface area contributed by atoms with Crippen molar-refractivity contribution < 1.29 is 14.6 Å². The summed E-state index contributed by atoms with van der Waals surface area (Å²) in [6, 6.07) is 32.9. The van der Waals surface area contributed by atoms with Crippen LogP contribution in [0.5, 0.6) is 11.5 Å². The van der Waals surface area contributed by atoms with Gasteiger partial charge in [-0.25, -0.2) is 0 Å². The molecule has 1 N–H and O–H groups in total. The van der Waals surface area contributed by atoms with Gasteiger partial charge in [0.2, 0.25) is 0 Å². The fraction of sp³-hybridized carbons (Fsp3) is 0.0938. The van der Waals surface area contributed by atoms with Crippen LogP contribution in [-0.4, -0.2) is 11.1 Å². The van der Waals surface area contributed by atoms with E-state index in [1.54, 1.807) is 48.5 Å². The van der Waals surface area contributed by atoms with Gasteiger partial charge in [0.15, 0.2) is 0 Å². The minimum Gasteiger partial charge on any atom is -0.508 e. The number of aryl methyl sites for hydroxylation is 1. The highest BCUT2D eigenvalue weighted by molar-refractivity contribution is 6.23. The molecule has 0 amide bonds. The Morgan fingerprint density at radius 2 is 1.27 bits per heavy atom. The maximum atomic E-state index is 12.5. The number of phenols is 1. The van der Waals surface area contributed by atoms with E-state index in [1.165, 1.54) is 37.9 Å². The number of benzene rings is 6. The lowest BCUT2D eigenvalue weighted by Crippen LogP contribution is -2.08. The molecule has 0 spiro atoms. The zero-order valence-corrected chi connectivity index (χ0v) is 20.1. The second-order valence-corrected chi connectivity index (χ2v) is 9.12. The molecule has 6 rings (SSSR count). The number of rotatable bonds is 7. The van der Waals surface area contributed by atoms with E-state index in [2.05, 4.69) is 64.8 Å². The molecule has 0 aliphatic carbocycles. The third-order valence-corrected chi connectivity index (χ3v) is 6.65. The predicted octanol–water partition coefficient (Wildman–Crippen LogP) is 8.63. The molecule has 0 unspecified atom stereocenters. The first-order valence-corrected chi connectivity index (χ1v) is 12.3. The van der Waals surface area contributed by atoms with E-state index in [4.69, 9.17) is 4.74 Å². The van der Waals surface area contributed by atoms with Crippen molar-refractivity contribution in [2.24, 2.45) is 10.2 Å². The largest absolute Gasteiger partial charge is 0.508 e. The molecular weight excluding hydrogens is 460 g/mol. The number of esters is 1. The Hall–Kier alpha value is -4.77. The van der Waals surface area contributed by atoms with E-state index in [9.17, 15) is 9.90 Å². The fourth-order valence-corrected chi connectivity index (χ4v) is 4.83. The zero-order chi connectivity index (χ0) is 25.2. The summed E-state index contributed by atoms with van der Waals surface area (Å²) in [5.74, 6) is 0.411. The molecule has 6 aromatic rings. The van der Waals surface area contributed by atoms with Gasteiger partial charge in [-0.3, -0.25) is 4.79 Å². The molecule has 0 aliphatic rings. The average Bonchev–Trinajstić information content (AvgIpc) is 2.93. The van der Waals surface area contributed by atoms with Crippen LogP contribution in [0, 0.1) is 0 Å². The molecule has 0 radical (unpaired) electrons. The van der Waals surface area contributed by atoms with Gasteiger partial charge in [-0.2, -0.15) is 10.2 Å². The summed E-state index contributed by atoms with van der Waals surface area (Å²) in [6.07, 6.45) is 1.85. The molecule has 0 aromatic heterocycles. The summed E-state index contributed by atoms with van der Waals surface area (Å²) < 4.78 is 5.52. The number of aromatic hydroxyl groups is 1. The van der Waals surface area contributed by atoms with Crippen molar-refractivity contribution in [1.29, 1.82) is 0 Å². The van der Waals surface area contributed by atoms with Crippen LogP contribution in [0.25, 0.3) is 32.3 Å². The average molecular weight is 485 g/mol. The molecule has 0 saturated carbocycles. The third-order valence-electron chi connectivity index (χ3n) is 6.65. The fourth-order valence-electron chi connectivity index (χ4n) is 4.83. The number of ether oxygens (including phenoxy) is 1. The minimum absolute atomic E-state index is 0.182. The monoisotopic (exact) mass is 484 g/mol. The lowest BCUT2D eigenvalue weighted by molar-refractivity contribution is -0.134. The van der Waals surface area contributed by atoms with E-state index in [1.807, 2.05) is 0 Å². The Bertz CT molecular complexity index is 1720. The number of hydrogen-bond donors (Lipinski definition) is 1. The maximum Gasteiger partial charge on any atom is 0.311 e. The van der Waals surface area contributed by atoms with E-state index >= 15 is 0 Å². The van der Waals surface area contributed by atoms with Gasteiger partial charge in [0, 0.05) is 6.42 Å². The first-order chi connectivity index (χ1) is 18.1. The summed E-state index contributed by atoms with van der Waals surface area (Å²) in [7, 11) is 0.